The minimum absolute atomic E-state index is 0.200. The number of nitrogens with two attached hydrogens (primary N) is 1. The van der Waals surface area contributed by atoms with Gasteiger partial charge in [-0.05, 0) is 65.8 Å². The van der Waals surface area contributed by atoms with Gasteiger partial charge in [-0.25, -0.2) is 0 Å². The molecular formula is C16H18INS. The van der Waals surface area contributed by atoms with Gasteiger partial charge in [-0.3, -0.25) is 0 Å². The van der Waals surface area contributed by atoms with E-state index in [9.17, 15) is 0 Å². The van der Waals surface area contributed by atoms with Crippen LogP contribution < -0.4 is 5.73 Å². The summed E-state index contributed by atoms with van der Waals surface area (Å²) in [6, 6.07) is 17.4. The Morgan fingerprint density at radius 1 is 1.05 bits per heavy atom. The van der Waals surface area contributed by atoms with Crippen molar-refractivity contribution in [3.05, 3.63) is 63.2 Å². The molecule has 0 amide bonds. The Labute approximate surface area is 133 Å². The van der Waals surface area contributed by atoms with Gasteiger partial charge in [0.05, 0.1) is 0 Å². The molecule has 0 aromatic heterocycles. The highest BCUT2D eigenvalue weighted by molar-refractivity contribution is 14.1. The van der Waals surface area contributed by atoms with E-state index in [1.807, 2.05) is 11.8 Å². The fourth-order valence-electron chi connectivity index (χ4n) is 1.82. The third-order valence-electron chi connectivity index (χ3n) is 2.90. The minimum Gasteiger partial charge on any atom is -0.327 e. The van der Waals surface area contributed by atoms with Crippen LogP contribution >= 0.6 is 34.4 Å². The monoisotopic (exact) mass is 383 g/mol. The van der Waals surface area contributed by atoms with Gasteiger partial charge in [0.1, 0.15) is 0 Å². The Morgan fingerprint density at radius 2 is 1.68 bits per heavy atom. The van der Waals surface area contributed by atoms with Crippen LogP contribution in [0, 0.1) is 10.5 Å². The van der Waals surface area contributed by atoms with Crippen molar-refractivity contribution in [2.75, 3.05) is 5.75 Å². The Bertz CT molecular complexity index is 507. The standard InChI is InChI=1S/C16H18INS/c1-12-2-8-16(9-3-12)19-11-15(18)10-13-4-6-14(17)7-5-13/h2-9,15H,10-11,18H2,1H3. The Balaban J connectivity index is 1.82. The van der Waals surface area contributed by atoms with Crippen molar-refractivity contribution in [2.24, 2.45) is 5.73 Å². The molecule has 2 N–H and O–H groups in total. The molecule has 0 heterocycles. The first kappa shape index (κ1) is 14.9. The van der Waals surface area contributed by atoms with Gasteiger partial charge in [0.2, 0.25) is 0 Å². The summed E-state index contributed by atoms with van der Waals surface area (Å²) in [4.78, 5) is 1.30. The molecule has 3 heteroatoms. The Kier molecular flexibility index (Phi) is 5.73. The molecule has 0 bridgehead atoms. The van der Waals surface area contributed by atoms with Crippen LogP contribution in [-0.4, -0.2) is 11.8 Å². The molecule has 1 atom stereocenters. The number of halogens is 1. The summed E-state index contributed by atoms with van der Waals surface area (Å²) in [6.45, 7) is 2.11. The van der Waals surface area contributed by atoms with Gasteiger partial charge < -0.3 is 5.73 Å². The normalized spacial score (nSPS) is 12.4. The fourth-order valence-corrected chi connectivity index (χ4v) is 3.03. The van der Waals surface area contributed by atoms with E-state index >= 15 is 0 Å². The number of benzene rings is 2. The van der Waals surface area contributed by atoms with Crippen LogP contribution in [-0.2, 0) is 6.42 Å². The zero-order chi connectivity index (χ0) is 13.7. The average molecular weight is 383 g/mol. The van der Waals surface area contributed by atoms with E-state index < -0.39 is 0 Å². The topological polar surface area (TPSA) is 26.0 Å². The summed E-state index contributed by atoms with van der Waals surface area (Å²) in [6.07, 6.45) is 0.940. The lowest BCUT2D eigenvalue weighted by atomic mass is 10.1. The summed E-state index contributed by atoms with van der Waals surface area (Å²) in [5, 5.41) is 0. The molecule has 1 unspecified atom stereocenters. The first-order chi connectivity index (χ1) is 9.13. The predicted molar refractivity (Wildman–Crippen MR) is 92.7 cm³/mol. The van der Waals surface area contributed by atoms with Gasteiger partial charge in [-0.15, -0.1) is 11.8 Å². The maximum Gasteiger partial charge on any atom is 0.0174 e. The number of rotatable bonds is 5. The van der Waals surface area contributed by atoms with Crippen molar-refractivity contribution in [2.45, 2.75) is 24.3 Å². The minimum atomic E-state index is 0.200. The van der Waals surface area contributed by atoms with E-state index in [0.29, 0.717) is 0 Å². The summed E-state index contributed by atoms with van der Waals surface area (Å²) < 4.78 is 1.27. The van der Waals surface area contributed by atoms with Gasteiger partial charge in [0.25, 0.3) is 0 Å². The predicted octanol–water partition coefficient (Wildman–Crippen LogP) is 4.26. The quantitative estimate of drug-likeness (QED) is 0.617. The molecule has 0 radical (unpaired) electrons. The van der Waals surface area contributed by atoms with E-state index in [0.717, 1.165) is 12.2 Å². The van der Waals surface area contributed by atoms with Crippen molar-refractivity contribution in [1.29, 1.82) is 0 Å². The smallest absolute Gasteiger partial charge is 0.0174 e. The van der Waals surface area contributed by atoms with E-state index in [4.69, 9.17) is 5.73 Å². The van der Waals surface area contributed by atoms with Crippen molar-refractivity contribution < 1.29 is 0 Å². The van der Waals surface area contributed by atoms with Crippen molar-refractivity contribution in [1.82, 2.24) is 0 Å². The molecule has 0 saturated heterocycles. The Morgan fingerprint density at radius 3 is 2.32 bits per heavy atom. The molecule has 0 fully saturated rings. The molecule has 19 heavy (non-hydrogen) atoms. The van der Waals surface area contributed by atoms with Gasteiger partial charge >= 0.3 is 0 Å². The van der Waals surface area contributed by atoms with E-state index in [-0.39, 0.29) is 6.04 Å². The molecule has 2 rings (SSSR count). The van der Waals surface area contributed by atoms with Crippen LogP contribution in [0.2, 0.25) is 0 Å². The maximum absolute atomic E-state index is 6.20. The fraction of sp³-hybridized carbons (Fsp3) is 0.250. The molecule has 0 aliphatic heterocycles. The lowest BCUT2D eigenvalue weighted by molar-refractivity contribution is 0.748. The maximum atomic E-state index is 6.20. The third kappa shape index (κ3) is 5.16. The molecule has 1 nitrogen and oxygen atoms in total. The molecule has 0 saturated carbocycles. The summed E-state index contributed by atoms with van der Waals surface area (Å²) in [5.74, 6) is 0.953. The largest absolute Gasteiger partial charge is 0.327 e. The van der Waals surface area contributed by atoms with E-state index in [2.05, 4.69) is 78.0 Å². The zero-order valence-electron chi connectivity index (χ0n) is 11.0. The molecule has 0 spiro atoms. The lowest BCUT2D eigenvalue weighted by Gasteiger charge is -2.11. The van der Waals surface area contributed by atoms with Gasteiger partial charge in [-0.2, -0.15) is 0 Å². The summed E-state index contributed by atoms with van der Waals surface area (Å²) in [7, 11) is 0. The van der Waals surface area contributed by atoms with Gasteiger partial charge in [0.15, 0.2) is 0 Å². The van der Waals surface area contributed by atoms with Crippen molar-refractivity contribution in [3.63, 3.8) is 0 Å². The van der Waals surface area contributed by atoms with Crippen LogP contribution in [0.25, 0.3) is 0 Å². The number of hydrogen-bond acceptors (Lipinski definition) is 2. The van der Waals surface area contributed by atoms with Crippen LogP contribution in [0.3, 0.4) is 0 Å². The van der Waals surface area contributed by atoms with Crippen LogP contribution in [0.1, 0.15) is 11.1 Å². The molecule has 0 aliphatic carbocycles. The first-order valence-corrected chi connectivity index (χ1v) is 8.39. The first-order valence-electron chi connectivity index (χ1n) is 6.33. The SMILES string of the molecule is Cc1ccc(SCC(N)Cc2ccc(I)cc2)cc1. The van der Waals surface area contributed by atoms with Gasteiger partial charge in [-0.1, -0.05) is 29.8 Å². The van der Waals surface area contributed by atoms with Crippen LogP contribution in [0.5, 0.6) is 0 Å². The second-order valence-electron chi connectivity index (χ2n) is 4.71. The average Bonchev–Trinajstić information content (AvgIpc) is 2.41. The highest BCUT2D eigenvalue weighted by atomic mass is 127. The molecular weight excluding hydrogens is 365 g/mol. The number of aryl methyl sites for hydroxylation is 1. The second-order valence-corrected chi connectivity index (χ2v) is 7.05. The second kappa shape index (κ2) is 7.31. The van der Waals surface area contributed by atoms with Crippen molar-refractivity contribution >= 4 is 34.4 Å². The highest BCUT2D eigenvalue weighted by Crippen LogP contribution is 2.19. The van der Waals surface area contributed by atoms with E-state index in [1.165, 1.54) is 19.6 Å². The molecule has 100 valence electrons. The lowest BCUT2D eigenvalue weighted by Crippen LogP contribution is -2.25. The van der Waals surface area contributed by atoms with Crippen LogP contribution in [0.4, 0.5) is 0 Å². The summed E-state index contributed by atoms with van der Waals surface area (Å²) in [5.41, 5.74) is 8.81. The molecule has 0 aliphatic rings. The summed E-state index contributed by atoms with van der Waals surface area (Å²) >= 11 is 4.15. The Hall–Kier alpha value is -0.520. The third-order valence-corrected chi connectivity index (χ3v) is 4.82. The van der Waals surface area contributed by atoms with Crippen LogP contribution in [0.15, 0.2) is 53.4 Å². The van der Waals surface area contributed by atoms with E-state index in [1.54, 1.807) is 0 Å². The zero-order valence-corrected chi connectivity index (χ0v) is 13.9. The van der Waals surface area contributed by atoms with Crippen molar-refractivity contribution in [3.8, 4) is 0 Å². The molecule has 2 aromatic rings. The molecule has 2 aromatic carbocycles. The highest BCUT2D eigenvalue weighted by Gasteiger charge is 2.05. The van der Waals surface area contributed by atoms with Gasteiger partial charge in [0, 0.05) is 20.3 Å². The number of thioether (sulfide) groups is 1. The number of hydrogen-bond donors (Lipinski definition) is 1.